The van der Waals surface area contributed by atoms with E-state index in [2.05, 4.69) is 15.5 Å². The number of thioether (sulfide) groups is 1. The first-order chi connectivity index (χ1) is 19.2. The number of pyridine rings is 1. The zero-order chi connectivity index (χ0) is 30.2. The van der Waals surface area contributed by atoms with Gasteiger partial charge in [0.15, 0.2) is 16.6 Å². The fraction of sp³-hybridized carbons (Fsp3) is 0.292. The van der Waals surface area contributed by atoms with Gasteiger partial charge in [-0.15, -0.1) is 23.1 Å². The van der Waals surface area contributed by atoms with Gasteiger partial charge in [-0.2, -0.15) is 0 Å². The van der Waals surface area contributed by atoms with Crippen LogP contribution in [0.5, 0.6) is 5.75 Å². The standard InChI is InChI=1S/C24H24N6O9S2/c1-24(2,22(37)38)39-28-15(12-9-41-23(25)26-12)18(33)27-16-19(34)30-17(21(35)36)10(8-40-20(16)30)4-5-11-6-13(31)14(32)7-29(11)3/h4-7,9,16,20,32H,8H2,1-3H3,(H2,25,26)(H,27,33)(H,35,36)(H,37,38)/b5-4?,28-15-/t16-,20-/m1/s1. The fourth-order valence-corrected chi connectivity index (χ4v) is 5.63. The summed E-state index contributed by atoms with van der Waals surface area (Å²) in [5, 5.41) is 35.7. The summed E-state index contributed by atoms with van der Waals surface area (Å²) in [4.78, 5) is 71.7. The molecule has 15 nitrogen and oxygen atoms in total. The van der Waals surface area contributed by atoms with E-state index in [0.717, 1.165) is 16.2 Å². The molecule has 0 aromatic carbocycles. The summed E-state index contributed by atoms with van der Waals surface area (Å²) in [7, 11) is 1.59. The van der Waals surface area contributed by atoms with Crippen molar-refractivity contribution >= 4 is 63.8 Å². The first kappa shape index (κ1) is 29.3. The Hall–Kier alpha value is -4.64. The average Bonchev–Trinajstić information content (AvgIpc) is 3.33. The van der Waals surface area contributed by atoms with Crippen LogP contribution in [0.4, 0.5) is 5.13 Å². The number of allylic oxidation sites excluding steroid dienone is 1. The molecule has 216 valence electrons. The largest absolute Gasteiger partial charge is 0.503 e. The molecular weight excluding hydrogens is 580 g/mol. The van der Waals surface area contributed by atoms with Crippen LogP contribution in [0.2, 0.25) is 0 Å². The molecule has 2 aliphatic heterocycles. The Morgan fingerprint density at radius 2 is 1.98 bits per heavy atom. The van der Waals surface area contributed by atoms with Crippen LogP contribution in [0.1, 0.15) is 25.2 Å². The molecule has 6 N–H and O–H groups in total. The third-order valence-corrected chi connectivity index (χ3v) is 8.03. The smallest absolute Gasteiger partial charge is 0.352 e. The van der Waals surface area contributed by atoms with Crippen LogP contribution in [-0.4, -0.2) is 82.0 Å². The number of carboxylic acids is 2. The maximum atomic E-state index is 13.2. The third-order valence-electron chi connectivity index (χ3n) is 6.06. The van der Waals surface area contributed by atoms with Crippen molar-refractivity contribution in [3.05, 3.63) is 56.6 Å². The van der Waals surface area contributed by atoms with Gasteiger partial charge in [-0.05, 0) is 25.5 Å². The second-order valence-corrected chi connectivity index (χ2v) is 11.3. The van der Waals surface area contributed by atoms with Crippen LogP contribution in [0.3, 0.4) is 0 Å². The first-order valence-electron chi connectivity index (χ1n) is 11.7. The highest BCUT2D eigenvalue weighted by Crippen LogP contribution is 2.40. The number of aromatic nitrogens is 2. The average molecular weight is 605 g/mol. The number of amides is 2. The number of nitrogen functional groups attached to an aromatic ring is 1. The Labute approximate surface area is 239 Å². The summed E-state index contributed by atoms with van der Waals surface area (Å²) in [6.45, 7) is 2.45. The molecule has 4 rings (SSSR count). The number of oxime groups is 1. The van der Waals surface area contributed by atoms with E-state index in [4.69, 9.17) is 10.6 Å². The molecule has 1 fully saturated rings. The number of aryl methyl sites for hydroxylation is 1. The van der Waals surface area contributed by atoms with E-state index in [1.165, 1.54) is 60.0 Å². The summed E-state index contributed by atoms with van der Waals surface area (Å²) in [5.74, 6) is -4.58. The minimum absolute atomic E-state index is 0.00621. The second-order valence-electron chi connectivity index (χ2n) is 9.35. The lowest BCUT2D eigenvalue weighted by Crippen LogP contribution is -2.71. The lowest BCUT2D eigenvalue weighted by Gasteiger charge is -2.49. The predicted molar refractivity (Wildman–Crippen MR) is 148 cm³/mol. The topological polar surface area (TPSA) is 227 Å². The van der Waals surface area contributed by atoms with Gasteiger partial charge >= 0.3 is 11.9 Å². The number of nitrogens with one attached hydrogen (secondary N) is 1. The molecule has 0 radical (unpaired) electrons. The Kier molecular flexibility index (Phi) is 7.94. The number of thiazole rings is 1. The molecular formula is C24H24N6O9S2. The Balaban J connectivity index is 1.57. The minimum Gasteiger partial charge on any atom is -0.503 e. The molecule has 2 amide bonds. The number of fused-ring (bicyclic) bond motifs is 1. The molecule has 0 spiro atoms. The molecule has 1 saturated heterocycles. The van der Waals surface area contributed by atoms with Crippen molar-refractivity contribution in [3.8, 4) is 5.75 Å². The molecule has 0 saturated carbocycles. The number of carboxylic acid groups (broad SMARTS) is 2. The van der Waals surface area contributed by atoms with Gasteiger partial charge in [-0.25, -0.2) is 14.6 Å². The number of carbonyl (C=O) groups excluding carboxylic acids is 2. The summed E-state index contributed by atoms with van der Waals surface area (Å²) in [6, 6.07) is 0.0569. The summed E-state index contributed by atoms with van der Waals surface area (Å²) < 4.78 is 1.48. The number of anilines is 1. The van der Waals surface area contributed by atoms with E-state index >= 15 is 0 Å². The van der Waals surface area contributed by atoms with Crippen molar-refractivity contribution in [1.29, 1.82) is 0 Å². The highest BCUT2D eigenvalue weighted by molar-refractivity contribution is 8.00. The van der Waals surface area contributed by atoms with Gasteiger partial charge < -0.3 is 35.8 Å². The van der Waals surface area contributed by atoms with Crippen LogP contribution in [0, 0.1) is 0 Å². The number of hydrogen-bond acceptors (Lipinski definition) is 12. The summed E-state index contributed by atoms with van der Waals surface area (Å²) in [5.41, 5.74) is 3.25. The Morgan fingerprint density at radius 1 is 1.27 bits per heavy atom. The summed E-state index contributed by atoms with van der Waals surface area (Å²) in [6.07, 6.45) is 4.18. The molecule has 2 aromatic heterocycles. The van der Waals surface area contributed by atoms with Crippen LogP contribution in [0.25, 0.3) is 6.08 Å². The second kappa shape index (κ2) is 11.1. The van der Waals surface area contributed by atoms with Crippen LogP contribution < -0.4 is 16.5 Å². The molecule has 0 aliphatic carbocycles. The number of rotatable bonds is 9. The van der Waals surface area contributed by atoms with E-state index in [-0.39, 0.29) is 22.3 Å². The fourth-order valence-electron chi connectivity index (χ4n) is 3.76. The van der Waals surface area contributed by atoms with Crippen molar-refractivity contribution in [1.82, 2.24) is 19.8 Å². The van der Waals surface area contributed by atoms with Crippen molar-refractivity contribution < 1.29 is 39.3 Å². The minimum atomic E-state index is -1.78. The molecule has 2 aliphatic rings. The van der Waals surface area contributed by atoms with Gasteiger partial charge in [0.1, 0.15) is 22.8 Å². The van der Waals surface area contributed by atoms with Crippen molar-refractivity contribution in [2.24, 2.45) is 12.2 Å². The molecule has 2 aromatic rings. The zero-order valence-electron chi connectivity index (χ0n) is 21.7. The van der Waals surface area contributed by atoms with Gasteiger partial charge in [0.2, 0.25) is 11.0 Å². The molecule has 17 heteroatoms. The molecule has 0 bridgehead atoms. The summed E-state index contributed by atoms with van der Waals surface area (Å²) >= 11 is 2.20. The van der Waals surface area contributed by atoms with Gasteiger partial charge in [-0.1, -0.05) is 11.2 Å². The number of carbonyl (C=O) groups is 4. The van der Waals surface area contributed by atoms with Gasteiger partial charge in [0.25, 0.3) is 11.8 Å². The highest BCUT2D eigenvalue weighted by Gasteiger charge is 2.54. The number of aromatic hydroxyl groups is 1. The normalized spacial score (nSPS) is 19.1. The number of aliphatic carboxylic acids is 2. The third kappa shape index (κ3) is 5.80. The number of nitrogens with two attached hydrogens (primary N) is 1. The first-order valence-corrected chi connectivity index (χ1v) is 13.6. The van der Waals surface area contributed by atoms with Gasteiger partial charge in [0, 0.05) is 36.1 Å². The highest BCUT2D eigenvalue weighted by atomic mass is 32.2. The zero-order valence-corrected chi connectivity index (χ0v) is 23.4. The molecule has 41 heavy (non-hydrogen) atoms. The number of nitrogens with zero attached hydrogens (tertiary/aromatic N) is 4. The van der Waals surface area contributed by atoms with Crippen LogP contribution >= 0.6 is 23.1 Å². The quantitative estimate of drug-likeness (QED) is 0.147. The maximum absolute atomic E-state index is 13.2. The van der Waals surface area contributed by atoms with E-state index in [1.807, 2.05) is 0 Å². The SMILES string of the molecule is Cn1cc(O)c(=O)cc1C=CC1=C(C(=O)O)N2C(=O)[C@@H](NC(=O)/C(=N\OC(C)(C)C(=O)O)c3csc(N)n3)[C@H]2SC1. The van der Waals surface area contributed by atoms with Crippen molar-refractivity contribution in [2.75, 3.05) is 11.5 Å². The van der Waals surface area contributed by atoms with E-state index in [9.17, 15) is 39.3 Å². The number of hydrogen-bond donors (Lipinski definition) is 5. The van der Waals surface area contributed by atoms with Crippen LogP contribution in [0.15, 0.2) is 44.9 Å². The van der Waals surface area contributed by atoms with Crippen molar-refractivity contribution in [2.45, 2.75) is 30.9 Å². The van der Waals surface area contributed by atoms with Crippen molar-refractivity contribution in [3.63, 3.8) is 0 Å². The number of β-lactam (4-membered cyclic amide) rings is 1. The van der Waals surface area contributed by atoms with E-state index in [0.29, 0.717) is 11.3 Å². The Morgan fingerprint density at radius 3 is 2.59 bits per heavy atom. The Bertz CT molecular complexity index is 1610. The van der Waals surface area contributed by atoms with E-state index < -0.39 is 57.7 Å². The van der Waals surface area contributed by atoms with Crippen LogP contribution in [-0.2, 0) is 31.1 Å². The molecule has 2 atom stereocenters. The lowest BCUT2D eigenvalue weighted by molar-refractivity contribution is -0.161. The molecule has 0 unspecified atom stereocenters. The van der Waals surface area contributed by atoms with Gasteiger partial charge in [-0.3, -0.25) is 19.3 Å². The molecule has 4 heterocycles. The predicted octanol–water partition coefficient (Wildman–Crippen LogP) is 0.166. The maximum Gasteiger partial charge on any atom is 0.352 e. The lowest BCUT2D eigenvalue weighted by atomic mass is 10.0. The van der Waals surface area contributed by atoms with E-state index in [1.54, 1.807) is 7.05 Å². The monoisotopic (exact) mass is 604 g/mol. The van der Waals surface area contributed by atoms with Gasteiger partial charge in [0.05, 0.1) is 0 Å².